The van der Waals surface area contributed by atoms with E-state index in [0.29, 0.717) is 25.4 Å². The molecule has 5 rings (SSSR count). The lowest BCUT2D eigenvalue weighted by Crippen LogP contribution is -2.32. The lowest BCUT2D eigenvalue weighted by atomic mass is 9.98. The van der Waals surface area contributed by atoms with Gasteiger partial charge in [-0.15, -0.1) is 0 Å². The van der Waals surface area contributed by atoms with E-state index in [2.05, 4.69) is 29.4 Å². The zero-order valence-electron chi connectivity index (χ0n) is 16.1. The highest BCUT2D eigenvalue weighted by Gasteiger charge is 2.30. The summed E-state index contributed by atoms with van der Waals surface area (Å²) in [6.07, 6.45) is 0.510. The normalized spacial score (nSPS) is 15.4. The number of ether oxygens (including phenoxy) is 1. The van der Waals surface area contributed by atoms with Crippen LogP contribution >= 0.6 is 0 Å². The molecule has 2 aliphatic rings. The second kappa shape index (κ2) is 7.37. The Hall–Kier alpha value is -3.12. The number of aryl methyl sites for hydroxylation is 1. The van der Waals surface area contributed by atoms with Crippen molar-refractivity contribution in [1.82, 2.24) is 14.7 Å². The van der Waals surface area contributed by atoms with E-state index < -0.39 is 0 Å². The molecule has 0 saturated heterocycles. The number of hydrogen-bond acceptors (Lipinski definition) is 4. The molecule has 2 heterocycles. The fourth-order valence-corrected chi connectivity index (χ4v) is 4.44. The molecule has 1 amide bonds. The maximum absolute atomic E-state index is 12.8. The largest absolute Gasteiger partial charge is 0.448 e. The molecule has 0 saturated carbocycles. The van der Waals surface area contributed by atoms with Crippen LogP contribution in [0.1, 0.15) is 34.9 Å². The summed E-state index contributed by atoms with van der Waals surface area (Å²) in [6, 6.07) is 18.5. The fraction of sp³-hybridized carbons (Fsp3) is 0.304. The van der Waals surface area contributed by atoms with Crippen LogP contribution in [0, 0.1) is 0 Å². The smallest absolute Gasteiger partial charge is 0.410 e. The van der Waals surface area contributed by atoms with E-state index in [-0.39, 0.29) is 18.6 Å². The lowest BCUT2D eigenvalue weighted by molar-refractivity contribution is 0.0977. The Bertz CT molecular complexity index is 1010. The Morgan fingerprint density at radius 1 is 1.07 bits per heavy atom. The third kappa shape index (κ3) is 3.19. The highest BCUT2D eigenvalue weighted by Crippen LogP contribution is 2.44. The van der Waals surface area contributed by atoms with Gasteiger partial charge in [-0.3, -0.25) is 4.68 Å². The van der Waals surface area contributed by atoms with Crippen LogP contribution in [0.25, 0.3) is 11.1 Å². The van der Waals surface area contributed by atoms with Crippen molar-refractivity contribution in [2.45, 2.75) is 32.0 Å². The summed E-state index contributed by atoms with van der Waals surface area (Å²) in [7, 11) is 0. The molecule has 1 aromatic heterocycles. The molecule has 0 fully saturated rings. The van der Waals surface area contributed by atoms with Gasteiger partial charge in [-0.25, -0.2) is 4.79 Å². The first-order chi connectivity index (χ1) is 14.2. The first-order valence-electron chi connectivity index (χ1n) is 10.0. The molecule has 6 nitrogen and oxygen atoms in total. The summed E-state index contributed by atoms with van der Waals surface area (Å²) in [5.41, 5.74) is 6.43. The molecule has 6 heteroatoms. The molecule has 29 heavy (non-hydrogen) atoms. The molecule has 2 aromatic carbocycles. The summed E-state index contributed by atoms with van der Waals surface area (Å²) < 4.78 is 7.67. The number of amides is 1. The summed E-state index contributed by atoms with van der Waals surface area (Å²) in [6.45, 7) is 2.05. The van der Waals surface area contributed by atoms with Crippen molar-refractivity contribution in [1.29, 1.82) is 0 Å². The summed E-state index contributed by atoms with van der Waals surface area (Å²) in [4.78, 5) is 14.6. The second-order valence-electron chi connectivity index (χ2n) is 7.59. The molecule has 0 unspecified atom stereocenters. The quantitative estimate of drug-likeness (QED) is 0.744. The minimum atomic E-state index is -0.299. The second-order valence-corrected chi connectivity index (χ2v) is 7.59. The summed E-state index contributed by atoms with van der Waals surface area (Å²) in [5.74, 6) is 0.0600. The van der Waals surface area contributed by atoms with E-state index in [1.807, 2.05) is 35.0 Å². The van der Waals surface area contributed by atoms with E-state index in [1.165, 1.54) is 22.3 Å². The van der Waals surface area contributed by atoms with Crippen LogP contribution in [0.5, 0.6) is 0 Å². The number of fused-ring (bicyclic) bond motifs is 4. The van der Waals surface area contributed by atoms with Crippen molar-refractivity contribution in [2.24, 2.45) is 0 Å². The van der Waals surface area contributed by atoms with Gasteiger partial charge in [0.15, 0.2) is 0 Å². The van der Waals surface area contributed by atoms with Gasteiger partial charge in [0.2, 0.25) is 0 Å². The molecule has 0 radical (unpaired) electrons. The number of nitrogens with zero attached hydrogens (tertiary/aromatic N) is 3. The molecule has 0 spiro atoms. The number of rotatable bonds is 3. The Morgan fingerprint density at radius 2 is 1.76 bits per heavy atom. The molecular formula is C23H23N3O3. The van der Waals surface area contributed by atoms with Gasteiger partial charge in [-0.05, 0) is 34.7 Å². The van der Waals surface area contributed by atoms with Crippen LogP contribution in [-0.4, -0.2) is 39.0 Å². The molecule has 148 valence electrons. The van der Waals surface area contributed by atoms with Crippen molar-refractivity contribution in [3.05, 3.63) is 77.1 Å². The molecule has 3 aromatic rings. The highest BCUT2D eigenvalue weighted by atomic mass is 16.6. The summed E-state index contributed by atoms with van der Waals surface area (Å²) in [5, 5.41) is 13.7. The predicted octanol–water partition coefficient (Wildman–Crippen LogP) is 3.53. The fourth-order valence-electron chi connectivity index (χ4n) is 4.44. The van der Waals surface area contributed by atoms with Gasteiger partial charge in [-0.1, -0.05) is 48.5 Å². The maximum atomic E-state index is 12.8. The Labute approximate surface area is 169 Å². The number of hydrogen-bond donors (Lipinski definition) is 1. The Kier molecular flexibility index (Phi) is 4.56. The van der Waals surface area contributed by atoms with E-state index in [0.717, 1.165) is 18.7 Å². The molecule has 1 aliphatic carbocycles. The Balaban J connectivity index is 1.32. The molecular weight excluding hydrogens is 366 g/mol. The van der Waals surface area contributed by atoms with E-state index in [4.69, 9.17) is 4.74 Å². The van der Waals surface area contributed by atoms with Gasteiger partial charge in [0.05, 0.1) is 24.5 Å². The van der Waals surface area contributed by atoms with Crippen LogP contribution in [0.3, 0.4) is 0 Å². The van der Waals surface area contributed by atoms with Crippen molar-refractivity contribution in [3.8, 4) is 11.1 Å². The number of carbonyl (C=O) groups excluding carboxylic acids is 1. The monoisotopic (exact) mass is 389 g/mol. The summed E-state index contributed by atoms with van der Waals surface area (Å²) >= 11 is 0. The zero-order valence-corrected chi connectivity index (χ0v) is 16.1. The van der Waals surface area contributed by atoms with Gasteiger partial charge >= 0.3 is 6.09 Å². The third-order valence-corrected chi connectivity index (χ3v) is 5.82. The number of aliphatic hydroxyl groups is 1. The van der Waals surface area contributed by atoms with E-state index >= 15 is 0 Å². The third-order valence-electron chi connectivity index (χ3n) is 5.82. The van der Waals surface area contributed by atoms with Crippen molar-refractivity contribution >= 4 is 6.09 Å². The van der Waals surface area contributed by atoms with Gasteiger partial charge < -0.3 is 14.7 Å². The number of benzene rings is 2. The molecule has 1 aliphatic heterocycles. The highest BCUT2D eigenvalue weighted by molar-refractivity contribution is 5.79. The Morgan fingerprint density at radius 3 is 2.45 bits per heavy atom. The standard InChI is InChI=1S/C23H23N3O3/c27-14-16-12-17-13-25(10-5-11-26(17)24-16)23(28)29-15-22-20-8-3-1-6-18(20)19-7-2-4-9-21(19)22/h1-4,6-9,12,22,27H,5,10-11,13-15H2. The number of aromatic nitrogens is 2. The minimum absolute atomic E-state index is 0.0600. The van der Waals surface area contributed by atoms with Crippen molar-refractivity contribution in [2.75, 3.05) is 13.2 Å². The maximum Gasteiger partial charge on any atom is 0.410 e. The van der Waals surface area contributed by atoms with Crippen LogP contribution in [0.15, 0.2) is 54.6 Å². The van der Waals surface area contributed by atoms with Crippen molar-refractivity contribution < 1.29 is 14.6 Å². The molecule has 1 N–H and O–H groups in total. The first kappa shape index (κ1) is 17.9. The van der Waals surface area contributed by atoms with E-state index in [1.54, 1.807) is 4.90 Å². The average molecular weight is 389 g/mol. The van der Waals surface area contributed by atoms with Crippen LogP contribution in [0.4, 0.5) is 4.79 Å². The van der Waals surface area contributed by atoms with Gasteiger partial charge in [-0.2, -0.15) is 5.10 Å². The molecule has 0 atom stereocenters. The SMILES string of the molecule is O=C(OCC1c2ccccc2-c2ccccc21)N1CCCn2nc(CO)cc2C1. The van der Waals surface area contributed by atoms with Crippen LogP contribution < -0.4 is 0 Å². The van der Waals surface area contributed by atoms with Gasteiger partial charge in [0.25, 0.3) is 0 Å². The minimum Gasteiger partial charge on any atom is -0.448 e. The van der Waals surface area contributed by atoms with Crippen LogP contribution in [0.2, 0.25) is 0 Å². The van der Waals surface area contributed by atoms with Gasteiger partial charge in [0.1, 0.15) is 6.61 Å². The predicted molar refractivity (Wildman–Crippen MR) is 108 cm³/mol. The average Bonchev–Trinajstić information content (AvgIpc) is 3.23. The van der Waals surface area contributed by atoms with Gasteiger partial charge in [0, 0.05) is 19.0 Å². The number of carbonyl (C=O) groups is 1. The first-order valence-corrected chi connectivity index (χ1v) is 10.0. The number of aliphatic hydroxyl groups excluding tert-OH is 1. The van der Waals surface area contributed by atoms with Crippen molar-refractivity contribution in [3.63, 3.8) is 0 Å². The van der Waals surface area contributed by atoms with Crippen LogP contribution in [-0.2, 0) is 24.4 Å². The lowest BCUT2D eigenvalue weighted by Gasteiger charge is -2.21. The van der Waals surface area contributed by atoms with E-state index in [9.17, 15) is 9.90 Å². The topological polar surface area (TPSA) is 67.6 Å². The molecule has 0 bridgehead atoms. The zero-order chi connectivity index (χ0) is 19.8.